The molecule has 0 heterocycles. The fourth-order valence-electron chi connectivity index (χ4n) is 1.74. The van der Waals surface area contributed by atoms with Crippen molar-refractivity contribution in [2.45, 2.75) is 32.9 Å². The van der Waals surface area contributed by atoms with Crippen LogP contribution in [0.25, 0.3) is 0 Å². The first-order valence-corrected chi connectivity index (χ1v) is 5.68. The Hall–Kier alpha value is -1.42. The minimum absolute atomic E-state index is 0.195. The third-order valence-corrected chi connectivity index (χ3v) is 2.99. The van der Waals surface area contributed by atoms with Crippen molar-refractivity contribution in [3.05, 3.63) is 35.1 Å². The van der Waals surface area contributed by atoms with E-state index in [2.05, 4.69) is 4.90 Å². The molecule has 1 rings (SSSR count). The minimum Gasteiger partial charge on any atom is -0.388 e. The average Bonchev–Trinajstić information content (AvgIpc) is 2.21. The lowest BCUT2D eigenvalue weighted by molar-refractivity contribution is 0.254. The van der Waals surface area contributed by atoms with Gasteiger partial charge in [-0.3, -0.25) is 10.3 Å². The first kappa shape index (κ1) is 13.6. The van der Waals surface area contributed by atoms with E-state index in [9.17, 15) is 4.39 Å². The molecule has 0 aliphatic heterocycles. The lowest BCUT2D eigenvalue weighted by Gasteiger charge is -2.25. The number of hydrogen-bond donors (Lipinski definition) is 2. The molecule has 1 atom stereocenters. The fourth-order valence-corrected chi connectivity index (χ4v) is 1.74. The van der Waals surface area contributed by atoms with Crippen LogP contribution in [-0.2, 0) is 6.54 Å². The van der Waals surface area contributed by atoms with Crippen LogP contribution in [0.2, 0.25) is 0 Å². The molecule has 4 heteroatoms. The van der Waals surface area contributed by atoms with E-state index in [1.807, 2.05) is 27.0 Å². The van der Waals surface area contributed by atoms with Gasteiger partial charge in [-0.2, -0.15) is 0 Å². The topological polar surface area (TPSA) is 53.1 Å². The van der Waals surface area contributed by atoms with Gasteiger partial charge in [-0.05, 0) is 44.2 Å². The van der Waals surface area contributed by atoms with Crippen molar-refractivity contribution in [2.24, 2.45) is 5.73 Å². The summed E-state index contributed by atoms with van der Waals surface area (Å²) in [5, 5.41) is 7.27. The number of nitrogens with one attached hydrogen (secondary N) is 1. The molecule has 3 nitrogen and oxygen atoms in total. The normalized spacial score (nSPS) is 12.8. The van der Waals surface area contributed by atoms with Crippen molar-refractivity contribution < 1.29 is 4.39 Å². The van der Waals surface area contributed by atoms with Gasteiger partial charge in [0.1, 0.15) is 5.82 Å². The Morgan fingerprint density at radius 2 is 2.18 bits per heavy atom. The summed E-state index contributed by atoms with van der Waals surface area (Å²) in [4.78, 5) is 2.11. The van der Waals surface area contributed by atoms with Gasteiger partial charge in [0.2, 0.25) is 0 Å². The molecule has 3 N–H and O–H groups in total. The Morgan fingerprint density at radius 3 is 2.71 bits per heavy atom. The van der Waals surface area contributed by atoms with E-state index in [1.165, 1.54) is 6.07 Å². The van der Waals surface area contributed by atoms with Gasteiger partial charge >= 0.3 is 0 Å². The van der Waals surface area contributed by atoms with Gasteiger partial charge in [-0.1, -0.05) is 6.07 Å². The van der Waals surface area contributed by atoms with Crippen LogP contribution in [0, 0.1) is 18.2 Å². The zero-order chi connectivity index (χ0) is 13.0. The SMILES string of the molecule is Cc1cc(F)ccc1CN(C)C(C)CC(=N)N. The number of benzene rings is 1. The second-order valence-electron chi connectivity index (χ2n) is 4.56. The van der Waals surface area contributed by atoms with Crippen LogP contribution < -0.4 is 5.73 Å². The second-order valence-corrected chi connectivity index (χ2v) is 4.56. The van der Waals surface area contributed by atoms with Gasteiger partial charge in [0.05, 0.1) is 5.84 Å². The van der Waals surface area contributed by atoms with E-state index < -0.39 is 0 Å². The van der Waals surface area contributed by atoms with Gasteiger partial charge < -0.3 is 5.73 Å². The average molecular weight is 237 g/mol. The molecule has 0 bridgehead atoms. The first-order chi connectivity index (χ1) is 7.90. The Kier molecular flexibility index (Phi) is 4.63. The second kappa shape index (κ2) is 5.77. The number of nitrogens with zero attached hydrogens (tertiary/aromatic N) is 1. The highest BCUT2D eigenvalue weighted by Gasteiger charge is 2.12. The molecule has 0 aliphatic carbocycles. The van der Waals surface area contributed by atoms with Gasteiger partial charge in [-0.15, -0.1) is 0 Å². The van der Waals surface area contributed by atoms with Crippen molar-refractivity contribution in [3.8, 4) is 0 Å². The van der Waals surface area contributed by atoms with E-state index in [0.717, 1.165) is 17.7 Å². The number of nitrogens with two attached hydrogens (primary N) is 1. The van der Waals surface area contributed by atoms with Gasteiger partial charge in [0.15, 0.2) is 0 Å². The van der Waals surface area contributed by atoms with Crippen LogP contribution in [-0.4, -0.2) is 23.8 Å². The largest absolute Gasteiger partial charge is 0.388 e. The molecule has 0 spiro atoms. The maximum absolute atomic E-state index is 13.0. The highest BCUT2D eigenvalue weighted by Crippen LogP contribution is 2.14. The quantitative estimate of drug-likeness (QED) is 0.609. The highest BCUT2D eigenvalue weighted by molar-refractivity contribution is 5.77. The molecule has 0 amide bonds. The van der Waals surface area contributed by atoms with Crippen LogP contribution in [0.1, 0.15) is 24.5 Å². The zero-order valence-electron chi connectivity index (χ0n) is 10.6. The van der Waals surface area contributed by atoms with E-state index in [1.54, 1.807) is 6.07 Å². The molecule has 0 fully saturated rings. The van der Waals surface area contributed by atoms with Gasteiger partial charge in [0.25, 0.3) is 0 Å². The summed E-state index contributed by atoms with van der Waals surface area (Å²) in [5.41, 5.74) is 7.43. The van der Waals surface area contributed by atoms with Crippen molar-refractivity contribution in [3.63, 3.8) is 0 Å². The molecule has 0 aromatic heterocycles. The summed E-state index contributed by atoms with van der Waals surface area (Å²) in [6.45, 7) is 4.67. The molecule has 0 saturated heterocycles. The van der Waals surface area contributed by atoms with Crippen LogP contribution in [0.15, 0.2) is 18.2 Å². The van der Waals surface area contributed by atoms with Gasteiger partial charge in [-0.25, -0.2) is 4.39 Å². The van der Waals surface area contributed by atoms with E-state index in [-0.39, 0.29) is 17.7 Å². The Balaban J connectivity index is 2.67. The number of rotatable bonds is 5. The smallest absolute Gasteiger partial charge is 0.123 e. The summed E-state index contributed by atoms with van der Waals surface area (Å²) >= 11 is 0. The molecule has 1 aromatic rings. The van der Waals surface area contributed by atoms with Crippen molar-refractivity contribution in [2.75, 3.05) is 7.05 Å². The molecule has 0 aliphatic rings. The lowest BCUT2D eigenvalue weighted by atomic mass is 10.1. The molecule has 0 radical (unpaired) electrons. The van der Waals surface area contributed by atoms with E-state index >= 15 is 0 Å². The third-order valence-electron chi connectivity index (χ3n) is 2.99. The minimum atomic E-state index is -0.203. The summed E-state index contributed by atoms with van der Waals surface area (Å²) in [7, 11) is 1.98. The van der Waals surface area contributed by atoms with Crippen LogP contribution >= 0.6 is 0 Å². The Bertz CT molecular complexity index is 404. The molecule has 17 heavy (non-hydrogen) atoms. The lowest BCUT2D eigenvalue weighted by Crippen LogP contribution is -2.32. The highest BCUT2D eigenvalue weighted by atomic mass is 19.1. The predicted molar refractivity (Wildman–Crippen MR) is 68.6 cm³/mol. The standard InChI is InChI=1S/C13H20FN3/c1-9-6-12(14)5-4-11(9)8-17(3)10(2)7-13(15)16/h4-6,10H,7-8H2,1-3H3,(H3,15,16). The number of halogens is 1. The van der Waals surface area contributed by atoms with Crippen LogP contribution in [0.3, 0.4) is 0 Å². The van der Waals surface area contributed by atoms with Crippen molar-refractivity contribution >= 4 is 5.84 Å². The molecule has 0 saturated carbocycles. The first-order valence-electron chi connectivity index (χ1n) is 5.68. The molecule has 1 unspecified atom stereocenters. The van der Waals surface area contributed by atoms with Crippen LogP contribution in [0.4, 0.5) is 4.39 Å². The summed E-state index contributed by atoms with van der Waals surface area (Å²) in [6.07, 6.45) is 0.552. The maximum Gasteiger partial charge on any atom is 0.123 e. The zero-order valence-corrected chi connectivity index (χ0v) is 10.6. The Morgan fingerprint density at radius 1 is 1.53 bits per heavy atom. The van der Waals surface area contributed by atoms with Gasteiger partial charge in [0, 0.05) is 19.0 Å². The Labute approximate surface area is 102 Å². The summed E-state index contributed by atoms with van der Waals surface area (Å²) in [5.74, 6) is -0.00846. The van der Waals surface area contributed by atoms with E-state index in [4.69, 9.17) is 11.1 Å². The van der Waals surface area contributed by atoms with Crippen molar-refractivity contribution in [1.29, 1.82) is 5.41 Å². The number of amidine groups is 1. The summed E-state index contributed by atoms with van der Waals surface area (Å²) in [6, 6.07) is 5.03. The van der Waals surface area contributed by atoms with Crippen LogP contribution in [0.5, 0.6) is 0 Å². The third kappa shape index (κ3) is 4.15. The predicted octanol–water partition coefficient (Wildman–Crippen LogP) is 2.28. The number of aryl methyl sites for hydroxylation is 1. The molecule has 94 valence electrons. The molecular formula is C13H20FN3. The fraction of sp³-hybridized carbons (Fsp3) is 0.462. The molecule has 1 aromatic carbocycles. The monoisotopic (exact) mass is 237 g/mol. The van der Waals surface area contributed by atoms with Crippen molar-refractivity contribution in [1.82, 2.24) is 4.90 Å². The summed E-state index contributed by atoms with van der Waals surface area (Å²) < 4.78 is 13.0. The maximum atomic E-state index is 13.0. The number of hydrogen-bond acceptors (Lipinski definition) is 2. The molecular weight excluding hydrogens is 217 g/mol. The van der Waals surface area contributed by atoms with E-state index in [0.29, 0.717) is 6.42 Å².